The summed E-state index contributed by atoms with van der Waals surface area (Å²) in [6.45, 7) is 9.59. The molecule has 0 spiro atoms. The summed E-state index contributed by atoms with van der Waals surface area (Å²) in [4.78, 5) is 66.4. The maximum absolute atomic E-state index is 14.7. The fourth-order valence-corrected chi connectivity index (χ4v) is 9.32. The minimum atomic E-state index is -1.04. The molecule has 8 rings (SSSR count). The van der Waals surface area contributed by atoms with Gasteiger partial charge in [-0.2, -0.15) is 15.0 Å². The maximum Gasteiger partial charge on any atom is 0.303 e. The number of carboxylic acids is 1. The summed E-state index contributed by atoms with van der Waals surface area (Å²) >= 11 is 0. The van der Waals surface area contributed by atoms with Gasteiger partial charge in [0, 0.05) is 83.0 Å². The molecule has 78 heavy (non-hydrogen) atoms. The van der Waals surface area contributed by atoms with Crippen LogP contribution in [-0.2, 0) is 41.4 Å². The number of phenolic OH excluding ortho intramolecular Hbond substituents is 1. The Labute approximate surface area is 452 Å². The summed E-state index contributed by atoms with van der Waals surface area (Å²) < 4.78 is 19.6. The minimum absolute atomic E-state index is 0.00678. The number of ether oxygens (including phenoxy) is 3. The summed E-state index contributed by atoms with van der Waals surface area (Å²) in [7, 11) is 0. The molecule has 0 radical (unpaired) electrons. The number of piperazine rings is 2. The van der Waals surface area contributed by atoms with Gasteiger partial charge < -0.3 is 65.8 Å². The number of aliphatic carboxylic acids is 1. The lowest BCUT2D eigenvalue weighted by Crippen LogP contribution is -2.52. The molecular weight excluding hydrogens is 1000 g/mol. The van der Waals surface area contributed by atoms with Gasteiger partial charge in [0.25, 0.3) is 0 Å². The Morgan fingerprint density at radius 3 is 1.99 bits per heavy atom. The normalized spacial score (nSPS) is 15.9. The fourth-order valence-electron chi connectivity index (χ4n) is 9.32. The molecule has 25 nitrogen and oxygen atoms in total. The molecule has 2 fully saturated rings. The zero-order valence-electron chi connectivity index (χ0n) is 44.3. The molecule has 416 valence electrons. The highest BCUT2D eigenvalue weighted by molar-refractivity contribution is 5.83. The number of nitrogens with zero attached hydrogens (tertiary/aromatic N) is 13. The molecule has 5 unspecified atom stereocenters. The molecule has 25 heteroatoms. The van der Waals surface area contributed by atoms with E-state index in [1.54, 1.807) is 46.2 Å². The van der Waals surface area contributed by atoms with Crippen LogP contribution in [0.2, 0.25) is 0 Å². The third-order valence-electron chi connectivity index (χ3n) is 14.1. The third-order valence-corrected chi connectivity index (χ3v) is 14.1. The number of rotatable bonds is 28. The van der Waals surface area contributed by atoms with Crippen LogP contribution in [0.25, 0.3) is 10.9 Å². The van der Waals surface area contributed by atoms with Crippen LogP contribution in [0.3, 0.4) is 0 Å². The van der Waals surface area contributed by atoms with Crippen LogP contribution in [0.1, 0.15) is 79.9 Å². The Balaban J connectivity index is 0.945. The van der Waals surface area contributed by atoms with Gasteiger partial charge in [-0.05, 0) is 54.0 Å². The van der Waals surface area contributed by atoms with Crippen molar-refractivity contribution in [3.05, 3.63) is 89.6 Å². The van der Waals surface area contributed by atoms with Crippen molar-refractivity contribution in [3.63, 3.8) is 0 Å². The monoisotopic (exact) mass is 1070 g/mol. The number of terminal acetylenes is 1. The largest absolute Gasteiger partial charge is 0.508 e. The van der Waals surface area contributed by atoms with Crippen molar-refractivity contribution in [1.82, 2.24) is 59.7 Å². The molecule has 6 heterocycles. The number of hydrogen-bond donors (Lipinski definition) is 6. The first-order chi connectivity index (χ1) is 37.9. The number of benzene rings is 2. The van der Waals surface area contributed by atoms with Crippen molar-refractivity contribution in [2.45, 2.75) is 70.1 Å². The average Bonchev–Trinajstić information content (AvgIpc) is 4.26. The molecule has 2 amide bonds. The highest BCUT2D eigenvalue weighted by Crippen LogP contribution is 2.27. The van der Waals surface area contributed by atoms with E-state index < -0.39 is 24.1 Å². The summed E-state index contributed by atoms with van der Waals surface area (Å²) in [5, 5.41) is 41.1. The van der Waals surface area contributed by atoms with Gasteiger partial charge in [-0.25, -0.2) is 9.36 Å². The Hall–Kier alpha value is -7.76. The van der Waals surface area contributed by atoms with E-state index in [1.165, 1.54) is 4.68 Å². The molecule has 2 aliphatic rings. The summed E-state index contributed by atoms with van der Waals surface area (Å²) in [6, 6.07) is 14.2. The van der Waals surface area contributed by atoms with Gasteiger partial charge in [-0.3, -0.25) is 14.4 Å². The van der Waals surface area contributed by atoms with Gasteiger partial charge in [-0.15, -0.1) is 16.6 Å². The molecule has 4 aromatic heterocycles. The smallest absolute Gasteiger partial charge is 0.303 e. The number of aromatic nitrogens is 10. The van der Waals surface area contributed by atoms with Crippen molar-refractivity contribution in [2.75, 3.05) is 114 Å². The minimum Gasteiger partial charge on any atom is -0.508 e. The predicted octanol–water partition coefficient (Wildman–Crippen LogP) is 2.51. The van der Waals surface area contributed by atoms with Gasteiger partial charge in [0.2, 0.25) is 29.7 Å². The molecular formula is C53H71N17O8. The number of nitrogens with two attached hydrogens (primary N) is 2. The lowest BCUT2D eigenvalue weighted by Gasteiger charge is -2.38. The van der Waals surface area contributed by atoms with Crippen LogP contribution in [-0.4, -0.2) is 186 Å². The number of aromatic amines is 1. The van der Waals surface area contributed by atoms with E-state index in [4.69, 9.17) is 47.1 Å². The number of hydrogen-bond acceptors (Lipinski definition) is 19. The molecule has 2 aromatic carbocycles. The standard InChI is InChI=1S/C53H71N17O8/c1-4-25-76-27-29-78-30-28-77-26-16-56-51-58-52(67-21-17-65(18-22-67)49(74)45(14-15-47(72)73)69-34-43(61-63-69)41(54)31-37-10-12-40(71)13-11-37)60-53(59-51)68-23-19-66(20-24-68)50(75)46(33-39-32-38-8-6-7-9-42(38)57-39)70-35-44(62-64-70)48(55)36(3)5-2/h1,6-13,32,34-36,41,45-46,48,57,71H,5,14-31,33,54-55H2,2-3H3,(H,72,73)(H,56,58,59,60). The number of para-hydroxylation sites is 1. The number of carboxylic acid groups (broad SMARTS) is 1. The molecule has 2 aliphatic heterocycles. The van der Waals surface area contributed by atoms with Gasteiger partial charge in [0.1, 0.15) is 24.4 Å². The third kappa shape index (κ3) is 15.0. The lowest BCUT2D eigenvalue weighted by molar-refractivity contribution is -0.139. The predicted molar refractivity (Wildman–Crippen MR) is 289 cm³/mol. The molecule has 8 N–H and O–H groups in total. The lowest BCUT2D eigenvalue weighted by atomic mass is 9.98. The Bertz CT molecular complexity index is 2890. The van der Waals surface area contributed by atoms with Crippen LogP contribution in [0.4, 0.5) is 17.8 Å². The zero-order chi connectivity index (χ0) is 55.0. The molecule has 2 saturated heterocycles. The summed E-state index contributed by atoms with van der Waals surface area (Å²) in [5.41, 5.74) is 16.9. The summed E-state index contributed by atoms with van der Waals surface area (Å²) in [6.07, 6.45) is 9.99. The van der Waals surface area contributed by atoms with E-state index >= 15 is 0 Å². The zero-order valence-corrected chi connectivity index (χ0v) is 44.3. The SMILES string of the molecule is C#CCOCCOCCOCCNc1nc(N2CCN(C(=O)C(CCC(=O)O)n3cc(C(N)Cc4ccc(O)cc4)nn3)CC2)nc(N2CCN(C(=O)C(Cc3cc4ccccc4[nH]3)n3cc(C(N)C(C)CC)nn3)CC2)n1. The number of H-pyrrole nitrogens is 1. The van der Waals surface area contributed by atoms with Crippen LogP contribution in [0.15, 0.2) is 67.0 Å². The highest BCUT2D eigenvalue weighted by Gasteiger charge is 2.34. The summed E-state index contributed by atoms with van der Waals surface area (Å²) in [5.74, 6) is 2.44. The molecule has 0 aliphatic carbocycles. The number of carbonyl (C=O) groups is 3. The molecule has 6 aromatic rings. The second-order valence-electron chi connectivity index (χ2n) is 19.5. The van der Waals surface area contributed by atoms with Crippen molar-refractivity contribution < 1.29 is 38.8 Å². The van der Waals surface area contributed by atoms with Crippen molar-refractivity contribution >= 4 is 46.5 Å². The Morgan fingerprint density at radius 2 is 1.36 bits per heavy atom. The van der Waals surface area contributed by atoms with Gasteiger partial charge in [0.05, 0.1) is 68.9 Å². The van der Waals surface area contributed by atoms with E-state index in [0.717, 1.165) is 28.6 Å². The van der Waals surface area contributed by atoms with Gasteiger partial charge in [-0.1, -0.05) is 66.9 Å². The maximum atomic E-state index is 14.7. The van der Waals surface area contributed by atoms with Crippen molar-refractivity contribution in [2.24, 2.45) is 17.4 Å². The average molecular weight is 1070 g/mol. The van der Waals surface area contributed by atoms with Crippen LogP contribution in [0, 0.1) is 18.3 Å². The van der Waals surface area contributed by atoms with Gasteiger partial charge in [0.15, 0.2) is 0 Å². The fraction of sp³-hybridized carbons (Fsp3) is 0.509. The molecule has 0 saturated carbocycles. The van der Waals surface area contributed by atoms with E-state index in [-0.39, 0.29) is 62.1 Å². The number of aromatic hydroxyl groups is 1. The number of anilines is 3. The first kappa shape index (κ1) is 56.4. The molecule has 0 bridgehead atoms. The number of phenols is 1. The Kier molecular flexibility index (Phi) is 19.9. The van der Waals surface area contributed by atoms with Crippen LogP contribution >= 0.6 is 0 Å². The first-order valence-electron chi connectivity index (χ1n) is 26.5. The Morgan fingerprint density at radius 1 is 0.769 bits per heavy atom. The number of fused-ring (bicyclic) bond motifs is 1. The van der Waals surface area contributed by atoms with Crippen molar-refractivity contribution in [3.8, 4) is 18.1 Å². The van der Waals surface area contributed by atoms with E-state index in [0.29, 0.717) is 121 Å². The van der Waals surface area contributed by atoms with Gasteiger partial charge >= 0.3 is 5.97 Å². The first-order valence-corrected chi connectivity index (χ1v) is 26.5. The number of nitrogens with one attached hydrogen (secondary N) is 2. The second-order valence-corrected chi connectivity index (χ2v) is 19.5. The highest BCUT2D eigenvalue weighted by atomic mass is 16.5. The molecule has 5 atom stereocenters. The van der Waals surface area contributed by atoms with E-state index in [9.17, 15) is 24.6 Å². The van der Waals surface area contributed by atoms with Crippen LogP contribution < -0.4 is 26.6 Å². The number of amides is 2. The van der Waals surface area contributed by atoms with E-state index in [2.05, 4.69) is 56.8 Å². The van der Waals surface area contributed by atoms with Crippen molar-refractivity contribution in [1.29, 1.82) is 0 Å². The number of carbonyl (C=O) groups excluding carboxylic acids is 2. The topological polar surface area (TPSA) is 312 Å². The van der Waals surface area contributed by atoms with Crippen LogP contribution in [0.5, 0.6) is 5.75 Å². The second kappa shape index (κ2) is 27.5. The van der Waals surface area contributed by atoms with E-state index in [1.807, 2.05) is 39.0 Å². The quantitative estimate of drug-likeness (QED) is 0.0304.